The SMILES string of the molecule is O=c1[nH]ccc2ccc(Sc3cnccn3)c(Cl)c12. The van der Waals surface area contributed by atoms with Crippen LogP contribution in [-0.2, 0) is 0 Å². The Morgan fingerprint density at radius 2 is 2.11 bits per heavy atom. The van der Waals surface area contributed by atoms with E-state index in [1.165, 1.54) is 11.8 Å². The standard InChI is InChI=1S/C13H8ClN3OS/c14-12-9(19-10-7-15-5-6-16-10)2-1-8-3-4-17-13(18)11(8)12/h1-7H,(H,17,18). The minimum atomic E-state index is -0.191. The van der Waals surface area contributed by atoms with E-state index in [9.17, 15) is 4.79 Å². The fourth-order valence-corrected chi connectivity index (χ4v) is 2.90. The first-order chi connectivity index (χ1) is 9.25. The molecule has 0 saturated heterocycles. The molecule has 0 aliphatic carbocycles. The van der Waals surface area contributed by atoms with Crippen molar-refractivity contribution in [2.24, 2.45) is 0 Å². The maximum atomic E-state index is 11.8. The average molecular weight is 290 g/mol. The van der Waals surface area contributed by atoms with E-state index in [0.717, 1.165) is 15.3 Å². The summed E-state index contributed by atoms with van der Waals surface area (Å²) in [7, 11) is 0. The molecule has 3 rings (SSSR count). The van der Waals surface area contributed by atoms with Crippen LogP contribution in [0.25, 0.3) is 10.8 Å². The molecule has 0 radical (unpaired) electrons. The molecular formula is C13H8ClN3OS. The molecule has 3 aromatic rings. The number of H-pyrrole nitrogens is 1. The van der Waals surface area contributed by atoms with Crippen LogP contribution < -0.4 is 5.56 Å². The summed E-state index contributed by atoms with van der Waals surface area (Å²) >= 11 is 7.69. The van der Waals surface area contributed by atoms with Gasteiger partial charge in [0.2, 0.25) is 0 Å². The predicted molar refractivity (Wildman–Crippen MR) is 75.7 cm³/mol. The highest BCUT2D eigenvalue weighted by molar-refractivity contribution is 7.99. The van der Waals surface area contributed by atoms with Gasteiger partial charge in [-0.05, 0) is 17.5 Å². The van der Waals surface area contributed by atoms with Gasteiger partial charge in [-0.2, -0.15) is 0 Å². The number of aromatic amines is 1. The van der Waals surface area contributed by atoms with E-state index in [1.54, 1.807) is 24.8 Å². The molecule has 2 heterocycles. The second-order valence-electron chi connectivity index (χ2n) is 3.79. The summed E-state index contributed by atoms with van der Waals surface area (Å²) < 4.78 is 0. The van der Waals surface area contributed by atoms with Crippen molar-refractivity contribution in [3.8, 4) is 0 Å². The first-order valence-corrected chi connectivity index (χ1v) is 6.69. The number of fused-ring (bicyclic) bond motifs is 1. The van der Waals surface area contributed by atoms with Crippen LogP contribution in [0.2, 0.25) is 5.02 Å². The van der Waals surface area contributed by atoms with Crippen molar-refractivity contribution in [3.05, 3.63) is 58.4 Å². The molecule has 94 valence electrons. The Hall–Kier alpha value is -1.85. The van der Waals surface area contributed by atoms with Crippen molar-refractivity contribution in [1.29, 1.82) is 0 Å². The van der Waals surface area contributed by atoms with Crippen molar-refractivity contribution >= 4 is 34.1 Å². The average Bonchev–Trinajstić information content (AvgIpc) is 2.43. The Labute approximate surface area is 117 Å². The summed E-state index contributed by atoms with van der Waals surface area (Å²) in [6.45, 7) is 0. The second kappa shape index (κ2) is 5.03. The van der Waals surface area contributed by atoms with Gasteiger partial charge in [0, 0.05) is 23.5 Å². The van der Waals surface area contributed by atoms with Gasteiger partial charge in [0.05, 0.1) is 16.6 Å². The molecular weight excluding hydrogens is 282 g/mol. The molecule has 0 aliphatic rings. The van der Waals surface area contributed by atoms with Crippen LogP contribution in [0, 0.1) is 0 Å². The highest BCUT2D eigenvalue weighted by Crippen LogP contribution is 2.35. The van der Waals surface area contributed by atoms with Crippen LogP contribution in [0.5, 0.6) is 0 Å². The molecule has 0 amide bonds. The number of hydrogen-bond acceptors (Lipinski definition) is 4. The van der Waals surface area contributed by atoms with Gasteiger partial charge in [-0.15, -0.1) is 0 Å². The zero-order chi connectivity index (χ0) is 13.2. The lowest BCUT2D eigenvalue weighted by Crippen LogP contribution is -2.05. The number of nitrogens with one attached hydrogen (secondary N) is 1. The lowest BCUT2D eigenvalue weighted by atomic mass is 10.2. The first kappa shape index (κ1) is 12.2. The van der Waals surface area contributed by atoms with Crippen LogP contribution in [0.3, 0.4) is 0 Å². The largest absolute Gasteiger partial charge is 0.329 e. The van der Waals surface area contributed by atoms with Gasteiger partial charge in [0.15, 0.2) is 0 Å². The Morgan fingerprint density at radius 1 is 1.21 bits per heavy atom. The van der Waals surface area contributed by atoms with E-state index < -0.39 is 0 Å². The molecule has 0 fully saturated rings. The van der Waals surface area contributed by atoms with Crippen molar-refractivity contribution in [1.82, 2.24) is 15.0 Å². The van der Waals surface area contributed by atoms with E-state index >= 15 is 0 Å². The molecule has 0 saturated carbocycles. The number of rotatable bonds is 2. The number of nitrogens with zero attached hydrogens (tertiary/aromatic N) is 2. The fraction of sp³-hybridized carbons (Fsp3) is 0. The maximum absolute atomic E-state index is 11.8. The van der Waals surface area contributed by atoms with Crippen LogP contribution in [0.4, 0.5) is 0 Å². The van der Waals surface area contributed by atoms with Crippen LogP contribution in [0.15, 0.2) is 57.7 Å². The molecule has 0 bridgehead atoms. The zero-order valence-electron chi connectivity index (χ0n) is 9.63. The summed E-state index contributed by atoms with van der Waals surface area (Å²) in [6.07, 6.45) is 6.48. The van der Waals surface area contributed by atoms with E-state index in [2.05, 4.69) is 15.0 Å². The lowest BCUT2D eigenvalue weighted by molar-refractivity contribution is 1.05. The minimum absolute atomic E-state index is 0.191. The summed E-state index contributed by atoms with van der Waals surface area (Å²) in [6, 6.07) is 5.57. The number of aromatic nitrogens is 3. The molecule has 19 heavy (non-hydrogen) atoms. The number of hydrogen-bond donors (Lipinski definition) is 1. The normalized spacial score (nSPS) is 10.8. The topological polar surface area (TPSA) is 58.6 Å². The molecule has 0 atom stereocenters. The summed E-state index contributed by atoms with van der Waals surface area (Å²) in [4.78, 5) is 23.4. The van der Waals surface area contributed by atoms with E-state index in [1.807, 2.05) is 18.2 Å². The van der Waals surface area contributed by atoms with Gasteiger partial charge in [-0.25, -0.2) is 4.98 Å². The molecule has 0 unspecified atom stereocenters. The highest BCUT2D eigenvalue weighted by Gasteiger charge is 2.10. The van der Waals surface area contributed by atoms with E-state index in [4.69, 9.17) is 11.6 Å². The molecule has 2 aromatic heterocycles. The number of benzene rings is 1. The van der Waals surface area contributed by atoms with Crippen LogP contribution in [-0.4, -0.2) is 15.0 Å². The maximum Gasteiger partial charge on any atom is 0.257 e. The third kappa shape index (κ3) is 2.34. The molecule has 6 heteroatoms. The number of halogens is 1. The van der Waals surface area contributed by atoms with E-state index in [-0.39, 0.29) is 5.56 Å². The Bertz CT molecular complexity index is 789. The lowest BCUT2D eigenvalue weighted by Gasteiger charge is -2.05. The van der Waals surface area contributed by atoms with Gasteiger partial charge >= 0.3 is 0 Å². The second-order valence-corrected chi connectivity index (χ2v) is 5.23. The van der Waals surface area contributed by atoms with E-state index in [0.29, 0.717) is 10.4 Å². The first-order valence-electron chi connectivity index (χ1n) is 5.49. The molecule has 0 aliphatic heterocycles. The third-order valence-electron chi connectivity index (χ3n) is 2.60. The highest BCUT2D eigenvalue weighted by atomic mass is 35.5. The van der Waals surface area contributed by atoms with Crippen molar-refractivity contribution in [2.45, 2.75) is 9.92 Å². The minimum Gasteiger partial charge on any atom is -0.329 e. The van der Waals surface area contributed by atoms with Crippen LogP contribution >= 0.6 is 23.4 Å². The van der Waals surface area contributed by atoms with Crippen molar-refractivity contribution in [3.63, 3.8) is 0 Å². The monoisotopic (exact) mass is 289 g/mol. The van der Waals surface area contributed by atoms with Gasteiger partial charge in [0.1, 0.15) is 5.03 Å². The summed E-state index contributed by atoms with van der Waals surface area (Å²) in [5, 5.41) is 2.49. The van der Waals surface area contributed by atoms with Crippen molar-refractivity contribution < 1.29 is 0 Å². The number of pyridine rings is 1. The van der Waals surface area contributed by atoms with Gasteiger partial charge in [-0.3, -0.25) is 9.78 Å². The third-order valence-corrected chi connectivity index (χ3v) is 4.08. The van der Waals surface area contributed by atoms with Gasteiger partial charge < -0.3 is 4.98 Å². The predicted octanol–water partition coefficient (Wildman–Crippen LogP) is 3.12. The summed E-state index contributed by atoms with van der Waals surface area (Å²) in [5.74, 6) is 0. The molecule has 4 nitrogen and oxygen atoms in total. The fourth-order valence-electron chi connectivity index (χ4n) is 1.75. The van der Waals surface area contributed by atoms with Gasteiger partial charge in [-0.1, -0.05) is 29.4 Å². The smallest absolute Gasteiger partial charge is 0.257 e. The quantitative estimate of drug-likeness (QED) is 0.787. The molecule has 0 spiro atoms. The van der Waals surface area contributed by atoms with Crippen molar-refractivity contribution in [2.75, 3.05) is 0 Å². The Kier molecular flexibility index (Phi) is 3.23. The Morgan fingerprint density at radius 3 is 2.89 bits per heavy atom. The van der Waals surface area contributed by atoms with Crippen LogP contribution in [0.1, 0.15) is 0 Å². The molecule has 1 aromatic carbocycles. The molecule has 1 N–H and O–H groups in total. The zero-order valence-corrected chi connectivity index (χ0v) is 11.2. The summed E-state index contributed by atoms with van der Waals surface area (Å²) in [5.41, 5.74) is -0.191. The Balaban J connectivity index is 2.13. The van der Waals surface area contributed by atoms with Gasteiger partial charge in [0.25, 0.3) is 5.56 Å².